The van der Waals surface area contributed by atoms with Crippen molar-refractivity contribution in [3.63, 3.8) is 0 Å². The van der Waals surface area contributed by atoms with Crippen molar-refractivity contribution in [3.8, 4) is 0 Å². The van der Waals surface area contributed by atoms with Crippen LogP contribution < -0.4 is 0 Å². The molecular formula is C14H22N2O2. The van der Waals surface area contributed by atoms with Crippen molar-refractivity contribution in [2.24, 2.45) is 7.05 Å². The smallest absolute Gasteiger partial charge is 0.303 e. The molecule has 0 aliphatic heterocycles. The maximum absolute atomic E-state index is 10.7. The van der Waals surface area contributed by atoms with Gasteiger partial charge in [0, 0.05) is 19.7 Å². The number of aryl methyl sites for hydroxylation is 2. The average molecular weight is 250 g/mol. The normalized spacial score (nSPS) is 17.6. The van der Waals surface area contributed by atoms with Gasteiger partial charge in [-0.3, -0.25) is 9.48 Å². The van der Waals surface area contributed by atoms with E-state index in [1.54, 1.807) is 0 Å². The van der Waals surface area contributed by atoms with Crippen molar-refractivity contribution < 1.29 is 9.90 Å². The SMILES string of the molecule is Cn1cc(C2CCCCCC2)c(CCC(=O)O)n1. The van der Waals surface area contributed by atoms with Crippen LogP contribution in [-0.4, -0.2) is 20.9 Å². The molecule has 1 aromatic rings. The predicted octanol–water partition coefficient (Wildman–Crippen LogP) is 2.88. The molecule has 0 amide bonds. The van der Waals surface area contributed by atoms with Gasteiger partial charge in [0.2, 0.25) is 0 Å². The highest BCUT2D eigenvalue weighted by atomic mass is 16.4. The van der Waals surface area contributed by atoms with Crippen LogP contribution in [0.25, 0.3) is 0 Å². The molecule has 4 heteroatoms. The van der Waals surface area contributed by atoms with Crippen molar-refractivity contribution in [2.75, 3.05) is 0 Å². The third kappa shape index (κ3) is 3.34. The molecule has 0 unspecified atom stereocenters. The molecule has 2 rings (SSSR count). The molecule has 18 heavy (non-hydrogen) atoms. The summed E-state index contributed by atoms with van der Waals surface area (Å²) in [6.07, 6.45) is 10.5. The number of hydrogen-bond donors (Lipinski definition) is 1. The standard InChI is InChI=1S/C14H22N2O2/c1-16-10-12(11-6-4-2-3-5-7-11)13(15-16)8-9-14(17)18/h10-11H,2-9H2,1H3,(H,17,18). The van der Waals surface area contributed by atoms with E-state index in [1.807, 2.05) is 11.7 Å². The summed E-state index contributed by atoms with van der Waals surface area (Å²) in [5.74, 6) is -0.155. The zero-order valence-corrected chi connectivity index (χ0v) is 11.1. The molecule has 0 atom stereocenters. The summed E-state index contributed by atoms with van der Waals surface area (Å²) >= 11 is 0. The Morgan fingerprint density at radius 1 is 1.39 bits per heavy atom. The highest BCUT2D eigenvalue weighted by molar-refractivity contribution is 5.67. The average Bonchev–Trinajstić information content (AvgIpc) is 2.54. The Morgan fingerprint density at radius 3 is 2.67 bits per heavy atom. The van der Waals surface area contributed by atoms with E-state index in [1.165, 1.54) is 44.1 Å². The Balaban J connectivity index is 2.12. The zero-order chi connectivity index (χ0) is 13.0. The fourth-order valence-corrected chi connectivity index (χ4v) is 2.90. The molecule has 1 aliphatic carbocycles. The Morgan fingerprint density at radius 2 is 2.06 bits per heavy atom. The fraction of sp³-hybridized carbons (Fsp3) is 0.714. The summed E-state index contributed by atoms with van der Waals surface area (Å²) in [6, 6.07) is 0. The number of aliphatic carboxylic acids is 1. The molecule has 4 nitrogen and oxygen atoms in total. The van der Waals surface area contributed by atoms with Crippen molar-refractivity contribution in [1.82, 2.24) is 9.78 Å². The lowest BCUT2D eigenvalue weighted by Crippen LogP contribution is -2.03. The minimum atomic E-state index is -0.743. The van der Waals surface area contributed by atoms with Crippen molar-refractivity contribution >= 4 is 5.97 Å². The van der Waals surface area contributed by atoms with Gasteiger partial charge in [-0.1, -0.05) is 25.7 Å². The van der Waals surface area contributed by atoms with Gasteiger partial charge in [0.25, 0.3) is 0 Å². The number of carboxylic acids is 1. The molecule has 0 aromatic carbocycles. The van der Waals surface area contributed by atoms with E-state index >= 15 is 0 Å². The third-order valence-corrected chi connectivity index (χ3v) is 3.81. The van der Waals surface area contributed by atoms with E-state index in [-0.39, 0.29) is 6.42 Å². The highest BCUT2D eigenvalue weighted by Crippen LogP contribution is 2.33. The molecule has 0 radical (unpaired) electrons. The van der Waals surface area contributed by atoms with E-state index in [4.69, 9.17) is 5.11 Å². The number of carbonyl (C=O) groups is 1. The number of hydrogen-bond acceptors (Lipinski definition) is 2. The molecule has 0 bridgehead atoms. The van der Waals surface area contributed by atoms with Crippen LogP contribution in [0.3, 0.4) is 0 Å². The first kappa shape index (κ1) is 13.1. The van der Waals surface area contributed by atoms with Crippen LogP contribution in [0.15, 0.2) is 6.20 Å². The van der Waals surface area contributed by atoms with Crippen LogP contribution in [0.1, 0.15) is 62.1 Å². The van der Waals surface area contributed by atoms with Crippen LogP contribution in [0.2, 0.25) is 0 Å². The summed E-state index contributed by atoms with van der Waals surface area (Å²) in [7, 11) is 1.92. The molecule has 1 fully saturated rings. The van der Waals surface area contributed by atoms with E-state index in [2.05, 4.69) is 11.3 Å². The van der Waals surface area contributed by atoms with Gasteiger partial charge in [0.1, 0.15) is 0 Å². The minimum absolute atomic E-state index is 0.177. The highest BCUT2D eigenvalue weighted by Gasteiger charge is 2.20. The number of rotatable bonds is 4. The van der Waals surface area contributed by atoms with Gasteiger partial charge >= 0.3 is 5.97 Å². The van der Waals surface area contributed by atoms with Crippen LogP contribution >= 0.6 is 0 Å². The molecule has 0 spiro atoms. The van der Waals surface area contributed by atoms with Gasteiger partial charge < -0.3 is 5.11 Å². The van der Waals surface area contributed by atoms with Gasteiger partial charge in [-0.05, 0) is 24.3 Å². The van der Waals surface area contributed by atoms with Gasteiger partial charge in [-0.2, -0.15) is 5.10 Å². The fourth-order valence-electron chi connectivity index (χ4n) is 2.90. The van der Waals surface area contributed by atoms with Crippen molar-refractivity contribution in [1.29, 1.82) is 0 Å². The lowest BCUT2D eigenvalue weighted by atomic mass is 9.91. The summed E-state index contributed by atoms with van der Waals surface area (Å²) in [5, 5.41) is 13.2. The van der Waals surface area contributed by atoms with E-state index in [0.717, 1.165) is 5.69 Å². The summed E-state index contributed by atoms with van der Waals surface area (Å²) in [4.78, 5) is 10.7. The van der Waals surface area contributed by atoms with Gasteiger partial charge in [-0.25, -0.2) is 0 Å². The van der Waals surface area contributed by atoms with Gasteiger partial charge in [0.15, 0.2) is 0 Å². The van der Waals surface area contributed by atoms with Crippen LogP contribution in [0.5, 0.6) is 0 Å². The lowest BCUT2D eigenvalue weighted by molar-refractivity contribution is -0.136. The maximum atomic E-state index is 10.7. The van der Waals surface area contributed by atoms with Gasteiger partial charge in [-0.15, -0.1) is 0 Å². The molecule has 1 aliphatic rings. The second-order valence-electron chi connectivity index (χ2n) is 5.29. The quantitative estimate of drug-likeness (QED) is 0.836. The number of aromatic nitrogens is 2. The Labute approximate surface area is 108 Å². The Bertz CT molecular complexity index is 404. The molecule has 1 heterocycles. The van der Waals surface area contributed by atoms with Crippen LogP contribution in [-0.2, 0) is 18.3 Å². The molecular weight excluding hydrogens is 228 g/mol. The first-order chi connectivity index (χ1) is 8.66. The third-order valence-electron chi connectivity index (χ3n) is 3.81. The Hall–Kier alpha value is -1.32. The predicted molar refractivity (Wildman–Crippen MR) is 69.6 cm³/mol. The topological polar surface area (TPSA) is 55.1 Å². The Kier molecular flexibility index (Phi) is 4.39. The molecule has 1 N–H and O–H groups in total. The first-order valence-electron chi connectivity index (χ1n) is 6.91. The lowest BCUT2D eigenvalue weighted by Gasteiger charge is -2.13. The molecule has 0 saturated heterocycles. The molecule has 100 valence electrons. The van der Waals surface area contributed by atoms with Crippen LogP contribution in [0, 0.1) is 0 Å². The van der Waals surface area contributed by atoms with E-state index in [9.17, 15) is 4.79 Å². The molecule has 1 aromatic heterocycles. The van der Waals surface area contributed by atoms with E-state index < -0.39 is 5.97 Å². The largest absolute Gasteiger partial charge is 0.481 e. The van der Waals surface area contributed by atoms with E-state index in [0.29, 0.717) is 12.3 Å². The number of nitrogens with zero attached hydrogens (tertiary/aromatic N) is 2. The first-order valence-corrected chi connectivity index (χ1v) is 6.91. The van der Waals surface area contributed by atoms with Crippen molar-refractivity contribution in [3.05, 3.63) is 17.5 Å². The zero-order valence-electron chi connectivity index (χ0n) is 11.1. The summed E-state index contributed by atoms with van der Waals surface area (Å²) in [5.41, 5.74) is 2.28. The van der Waals surface area contributed by atoms with Crippen molar-refractivity contribution in [2.45, 2.75) is 57.3 Å². The maximum Gasteiger partial charge on any atom is 0.303 e. The number of carboxylic acid groups (broad SMARTS) is 1. The second-order valence-corrected chi connectivity index (χ2v) is 5.29. The minimum Gasteiger partial charge on any atom is -0.481 e. The molecule has 1 saturated carbocycles. The van der Waals surface area contributed by atoms with Crippen LogP contribution in [0.4, 0.5) is 0 Å². The summed E-state index contributed by atoms with van der Waals surface area (Å²) < 4.78 is 1.83. The van der Waals surface area contributed by atoms with Gasteiger partial charge in [0.05, 0.1) is 12.1 Å². The monoisotopic (exact) mass is 250 g/mol. The second kappa shape index (κ2) is 6.03. The summed E-state index contributed by atoms with van der Waals surface area (Å²) in [6.45, 7) is 0.